The van der Waals surface area contributed by atoms with Crippen LogP contribution >= 0.6 is 0 Å². The van der Waals surface area contributed by atoms with Crippen LogP contribution in [0.15, 0.2) is 89.0 Å². The van der Waals surface area contributed by atoms with Gasteiger partial charge >= 0.3 is 5.97 Å². The van der Waals surface area contributed by atoms with Crippen molar-refractivity contribution >= 4 is 17.8 Å². The van der Waals surface area contributed by atoms with E-state index in [1.165, 1.54) is 0 Å². The number of ether oxygens (including phenoxy) is 3. The fourth-order valence-electron chi connectivity index (χ4n) is 5.18. The minimum atomic E-state index is -1.60. The van der Waals surface area contributed by atoms with Gasteiger partial charge in [0.1, 0.15) is 11.4 Å². The third kappa shape index (κ3) is 9.79. The molecule has 0 unspecified atom stereocenters. The van der Waals surface area contributed by atoms with Crippen LogP contribution in [0.3, 0.4) is 0 Å². The van der Waals surface area contributed by atoms with Crippen LogP contribution in [-0.4, -0.2) is 53.8 Å². The van der Waals surface area contributed by atoms with Gasteiger partial charge in [-0.25, -0.2) is 10.4 Å². The maximum absolute atomic E-state index is 14.3. The summed E-state index contributed by atoms with van der Waals surface area (Å²) in [6.45, 7) is 6.22. The molecule has 1 aliphatic rings. The molecule has 12 heteroatoms. The highest BCUT2D eigenvalue weighted by molar-refractivity contribution is 6.01. The van der Waals surface area contributed by atoms with Crippen LogP contribution in [-0.2, 0) is 32.0 Å². The number of hydrogen-bond donors (Lipinski definition) is 3. The molecule has 0 saturated carbocycles. The summed E-state index contributed by atoms with van der Waals surface area (Å²) in [4.78, 5) is 35.2. The zero-order valence-corrected chi connectivity index (χ0v) is 27.0. The van der Waals surface area contributed by atoms with Crippen LogP contribution in [0.25, 0.3) is 10.4 Å². The summed E-state index contributed by atoms with van der Waals surface area (Å²) >= 11 is 0. The predicted molar refractivity (Wildman–Crippen MR) is 177 cm³/mol. The third-order valence-corrected chi connectivity index (χ3v) is 7.39. The molecule has 12 nitrogen and oxygen atoms in total. The van der Waals surface area contributed by atoms with Gasteiger partial charge in [-0.05, 0) is 80.1 Å². The van der Waals surface area contributed by atoms with Crippen LogP contribution < -0.4 is 15.6 Å². The summed E-state index contributed by atoms with van der Waals surface area (Å²) in [6, 6.07) is 24.2. The Kier molecular flexibility index (Phi) is 12.3. The molecular weight excluding hydrogens is 600 g/mol. The number of carbonyl (C=O) groups is 2. The number of hydrogen-bond acceptors (Lipinski definition) is 9. The zero-order chi connectivity index (χ0) is 33.7. The van der Waals surface area contributed by atoms with Crippen molar-refractivity contribution in [1.29, 1.82) is 0 Å². The number of aliphatic hydroxyl groups is 1. The maximum Gasteiger partial charge on any atom is 0.306 e. The van der Waals surface area contributed by atoms with Gasteiger partial charge in [-0.2, -0.15) is 0 Å². The average Bonchev–Trinajstić information content (AvgIpc) is 3.46. The molecule has 1 aliphatic heterocycles. The van der Waals surface area contributed by atoms with Crippen molar-refractivity contribution in [3.05, 3.63) is 112 Å². The lowest BCUT2D eigenvalue weighted by Gasteiger charge is -2.31. The number of azide groups is 1. The zero-order valence-electron chi connectivity index (χ0n) is 27.0. The number of carbonyl (C=O) groups excluding carboxylic acids is 2. The Bertz CT molecular complexity index is 1570. The van der Waals surface area contributed by atoms with Crippen molar-refractivity contribution in [3.8, 4) is 5.75 Å². The highest BCUT2D eigenvalue weighted by Gasteiger charge is 2.54. The van der Waals surface area contributed by atoms with Gasteiger partial charge in [0, 0.05) is 36.5 Å². The lowest BCUT2D eigenvalue weighted by molar-refractivity contribution is -0.155. The van der Waals surface area contributed by atoms with Crippen molar-refractivity contribution in [2.24, 2.45) is 10.1 Å². The first-order chi connectivity index (χ1) is 22.6. The second kappa shape index (κ2) is 16.6. The van der Waals surface area contributed by atoms with Gasteiger partial charge in [0.05, 0.1) is 13.2 Å². The highest BCUT2D eigenvalue weighted by atomic mass is 16.6. The monoisotopic (exact) mass is 642 g/mol. The molecule has 47 heavy (non-hydrogen) atoms. The first-order valence-corrected chi connectivity index (χ1v) is 15.6. The summed E-state index contributed by atoms with van der Waals surface area (Å²) in [7, 11) is 0. The van der Waals surface area contributed by atoms with Gasteiger partial charge < -0.3 is 19.3 Å². The first-order valence-electron chi connectivity index (χ1n) is 15.6. The van der Waals surface area contributed by atoms with E-state index >= 15 is 0 Å². The minimum Gasteiger partial charge on any atom is -0.494 e. The standard InChI is InChI=1S/C35H42N6O6/c1-34(2,3)47-30(43)18-20-35(33(44)40-37-21-19-25-10-5-4-6-11-25)31(29-13-8-7-12-27(29)24-38-41-36)46-32(39-35)26-14-16-28(17-15-26)45-23-9-22-42/h4-8,10-17,31,37,42H,9,18-24H2,1-3H3,(H,40,44)/t31-,35-/m0/s1. The van der Waals surface area contributed by atoms with E-state index < -0.39 is 29.1 Å². The van der Waals surface area contributed by atoms with Gasteiger partial charge in [-0.3, -0.25) is 15.0 Å². The van der Waals surface area contributed by atoms with Gasteiger partial charge in [0.15, 0.2) is 11.6 Å². The number of benzene rings is 3. The molecule has 3 aromatic rings. The van der Waals surface area contributed by atoms with E-state index in [4.69, 9.17) is 29.8 Å². The Hall–Kier alpha value is -4.90. The summed E-state index contributed by atoms with van der Waals surface area (Å²) in [5.74, 6) is -0.153. The molecule has 3 N–H and O–H groups in total. The normalized spacial score (nSPS) is 17.2. The number of amides is 1. The molecule has 0 radical (unpaired) electrons. The van der Waals surface area contributed by atoms with Gasteiger partial charge in [0.2, 0.25) is 5.90 Å². The van der Waals surface area contributed by atoms with E-state index in [-0.39, 0.29) is 31.9 Å². The number of aliphatic imine (C=N–C) groups is 1. The molecule has 2 atom stereocenters. The Morgan fingerprint density at radius 3 is 2.49 bits per heavy atom. The van der Waals surface area contributed by atoms with Crippen molar-refractivity contribution in [1.82, 2.24) is 10.9 Å². The van der Waals surface area contributed by atoms with Crippen molar-refractivity contribution in [2.45, 2.75) is 70.2 Å². The molecule has 1 heterocycles. The number of rotatable bonds is 16. The molecule has 3 aromatic carbocycles. The average molecular weight is 643 g/mol. The summed E-state index contributed by atoms with van der Waals surface area (Å²) < 4.78 is 17.8. The Labute approximate surface area is 274 Å². The molecule has 4 rings (SSSR count). The minimum absolute atomic E-state index is 0.0273. The Morgan fingerprint density at radius 2 is 1.79 bits per heavy atom. The second-order valence-electron chi connectivity index (χ2n) is 12.1. The fourth-order valence-corrected chi connectivity index (χ4v) is 5.18. The Balaban J connectivity index is 1.71. The summed E-state index contributed by atoms with van der Waals surface area (Å²) in [6.07, 6.45) is 0.0642. The van der Waals surface area contributed by atoms with E-state index in [1.807, 2.05) is 48.5 Å². The number of nitrogens with zero attached hydrogens (tertiary/aromatic N) is 4. The quantitative estimate of drug-likeness (QED) is 0.0463. The van der Waals surface area contributed by atoms with Crippen LogP contribution in [0, 0.1) is 0 Å². The number of hydrazine groups is 1. The number of aliphatic hydroxyl groups excluding tert-OH is 1. The summed E-state index contributed by atoms with van der Waals surface area (Å²) in [5, 5.41) is 12.8. The number of nitrogens with one attached hydrogen (secondary N) is 2. The SMILES string of the molecule is CC(C)(C)OC(=O)CC[C@]1(C(=O)NNCCc2ccccc2)N=C(c2ccc(OCCCO)cc2)O[C@H]1c1ccccc1CN=[N+]=[N-]. The molecular formula is C35H42N6O6. The van der Waals surface area contributed by atoms with Crippen LogP contribution in [0.2, 0.25) is 0 Å². The predicted octanol–water partition coefficient (Wildman–Crippen LogP) is 5.50. The lowest BCUT2D eigenvalue weighted by atomic mass is 9.82. The van der Waals surface area contributed by atoms with Crippen LogP contribution in [0.5, 0.6) is 5.75 Å². The Morgan fingerprint density at radius 1 is 1.06 bits per heavy atom. The van der Waals surface area contributed by atoms with Gasteiger partial charge in [-0.1, -0.05) is 59.7 Å². The number of esters is 1. The second-order valence-corrected chi connectivity index (χ2v) is 12.1. The van der Waals surface area contributed by atoms with E-state index in [2.05, 4.69) is 20.9 Å². The first kappa shape index (κ1) is 35.0. The molecule has 0 bridgehead atoms. The topological polar surface area (TPSA) is 167 Å². The van der Waals surface area contributed by atoms with Crippen molar-refractivity contribution in [3.63, 3.8) is 0 Å². The van der Waals surface area contributed by atoms with E-state index in [9.17, 15) is 9.59 Å². The fraction of sp³-hybridized carbons (Fsp3) is 0.400. The maximum atomic E-state index is 14.3. The van der Waals surface area contributed by atoms with Crippen molar-refractivity contribution in [2.75, 3.05) is 19.8 Å². The molecule has 1 amide bonds. The van der Waals surface area contributed by atoms with E-state index in [1.54, 1.807) is 51.1 Å². The smallest absolute Gasteiger partial charge is 0.306 e. The largest absolute Gasteiger partial charge is 0.494 e. The van der Waals surface area contributed by atoms with Crippen molar-refractivity contribution < 1.29 is 28.9 Å². The molecule has 0 spiro atoms. The lowest BCUT2D eigenvalue weighted by Crippen LogP contribution is -2.53. The molecule has 248 valence electrons. The summed E-state index contributed by atoms with van der Waals surface area (Å²) in [5.41, 5.74) is 15.6. The van der Waals surface area contributed by atoms with Gasteiger partial charge in [-0.15, -0.1) is 0 Å². The molecule has 0 fully saturated rings. The van der Waals surface area contributed by atoms with Crippen LogP contribution in [0.4, 0.5) is 0 Å². The van der Waals surface area contributed by atoms with E-state index in [0.717, 1.165) is 5.56 Å². The third-order valence-electron chi connectivity index (χ3n) is 7.39. The van der Waals surface area contributed by atoms with Gasteiger partial charge in [0.25, 0.3) is 5.91 Å². The van der Waals surface area contributed by atoms with E-state index in [0.29, 0.717) is 48.4 Å². The highest BCUT2D eigenvalue weighted by Crippen LogP contribution is 2.44. The van der Waals surface area contributed by atoms with Crippen LogP contribution in [0.1, 0.15) is 68.4 Å². The molecule has 0 saturated heterocycles. The molecule has 0 aromatic heterocycles. The molecule has 0 aliphatic carbocycles.